The van der Waals surface area contributed by atoms with E-state index < -0.39 is 70.1 Å². The summed E-state index contributed by atoms with van der Waals surface area (Å²) in [7, 11) is 0. The van der Waals surface area contributed by atoms with Gasteiger partial charge < -0.3 is 19.5 Å². The number of ether oxygens (including phenoxy) is 3. The first-order chi connectivity index (χ1) is 18.7. The molecule has 12 heteroatoms. The third-order valence-electron chi connectivity index (χ3n) is 6.86. The van der Waals surface area contributed by atoms with Gasteiger partial charge in [-0.3, -0.25) is 4.79 Å². The van der Waals surface area contributed by atoms with E-state index in [1.54, 1.807) is 81.4 Å². The van der Waals surface area contributed by atoms with Gasteiger partial charge in [0.05, 0.1) is 5.92 Å². The number of rotatable bonds is 7. The van der Waals surface area contributed by atoms with E-state index in [-0.39, 0.29) is 11.6 Å². The molecular weight excluding hydrogens is 551 g/mol. The van der Waals surface area contributed by atoms with Gasteiger partial charge in [-0.05, 0) is 104 Å². The van der Waals surface area contributed by atoms with Crippen LogP contribution in [0, 0.1) is 36.4 Å². The molecule has 1 amide bonds. The fraction of sp³-hybridized carbons (Fsp3) is 0.690. The molecule has 2 aliphatic carbocycles. The van der Waals surface area contributed by atoms with Crippen molar-refractivity contribution in [1.29, 1.82) is 0 Å². The minimum absolute atomic E-state index is 0.192. The molecule has 2 aliphatic rings. The Morgan fingerprint density at radius 3 is 2.12 bits per heavy atom. The summed E-state index contributed by atoms with van der Waals surface area (Å²) in [6, 6.07) is 3.80. The van der Waals surface area contributed by atoms with Crippen LogP contribution in [0.4, 0.5) is 9.18 Å². The molecular formula is C29H41FN4O6S. The molecule has 0 radical (unpaired) electrons. The molecule has 0 unspecified atom stereocenters. The summed E-state index contributed by atoms with van der Waals surface area (Å²) >= 11 is 1.32. The van der Waals surface area contributed by atoms with Crippen molar-refractivity contribution < 1.29 is 33.0 Å². The number of alkyl carbamates (subject to hydrolysis) is 1. The van der Waals surface area contributed by atoms with Crippen molar-refractivity contribution in [2.24, 2.45) is 28.8 Å². The molecule has 0 spiro atoms. The first kappa shape index (κ1) is 32.5. The van der Waals surface area contributed by atoms with Gasteiger partial charge in [-0.2, -0.15) is 0 Å². The Morgan fingerprint density at radius 2 is 1.61 bits per heavy atom. The van der Waals surface area contributed by atoms with Gasteiger partial charge in [0.2, 0.25) is 0 Å². The Hall–Kier alpha value is -2.98. The van der Waals surface area contributed by atoms with E-state index in [4.69, 9.17) is 14.2 Å². The maximum absolute atomic E-state index is 14.2. The molecule has 3 rings (SSSR count). The highest BCUT2D eigenvalue weighted by Crippen LogP contribution is 2.67. The molecule has 6 atom stereocenters. The van der Waals surface area contributed by atoms with Crippen molar-refractivity contribution in [2.45, 2.75) is 103 Å². The Morgan fingerprint density at radius 1 is 1.02 bits per heavy atom. The van der Waals surface area contributed by atoms with Crippen LogP contribution in [0.5, 0.6) is 0 Å². The lowest BCUT2D eigenvalue weighted by Crippen LogP contribution is -2.64. The average Bonchev–Trinajstić information content (AvgIpc) is 3.46. The SMILES string of the molecule is Cc1cc(SC[C@@H]2[C@@H](N=[N+]=[N-])[C@H]3[C@H](C(=O)OC(C)(C)C)[C@H]3[C@]2(NC(=O)OC(C)(C)C)C(=O)OC(C)(C)C)ccc1F. The second kappa shape index (κ2) is 11.4. The first-order valence-electron chi connectivity index (χ1n) is 13.6. The van der Waals surface area contributed by atoms with Crippen LogP contribution in [-0.4, -0.2) is 52.2 Å². The molecule has 0 bridgehead atoms. The molecule has 1 aromatic rings. The third-order valence-corrected chi connectivity index (χ3v) is 7.97. The fourth-order valence-electron chi connectivity index (χ4n) is 5.49. The van der Waals surface area contributed by atoms with Crippen molar-refractivity contribution in [2.75, 3.05) is 5.75 Å². The number of benzene rings is 1. The van der Waals surface area contributed by atoms with Crippen LogP contribution in [0.2, 0.25) is 0 Å². The zero-order valence-corrected chi connectivity index (χ0v) is 26.2. The lowest BCUT2D eigenvalue weighted by molar-refractivity contribution is -0.167. The number of azide groups is 1. The van der Waals surface area contributed by atoms with E-state index in [0.29, 0.717) is 5.56 Å². The van der Waals surface area contributed by atoms with E-state index in [1.807, 2.05) is 0 Å². The molecule has 10 nitrogen and oxygen atoms in total. The van der Waals surface area contributed by atoms with Crippen molar-refractivity contribution in [1.82, 2.24) is 5.32 Å². The average molecular weight is 593 g/mol. The zero-order valence-electron chi connectivity index (χ0n) is 25.4. The predicted octanol–water partition coefficient (Wildman–Crippen LogP) is 6.34. The maximum Gasteiger partial charge on any atom is 0.408 e. The largest absolute Gasteiger partial charge is 0.460 e. The topological polar surface area (TPSA) is 140 Å². The number of hydrogen-bond acceptors (Lipinski definition) is 8. The van der Waals surface area contributed by atoms with E-state index in [0.717, 1.165) is 4.90 Å². The van der Waals surface area contributed by atoms with Gasteiger partial charge in [0.25, 0.3) is 0 Å². The quantitative estimate of drug-likeness (QED) is 0.0972. The lowest BCUT2D eigenvalue weighted by Gasteiger charge is -2.40. The summed E-state index contributed by atoms with van der Waals surface area (Å²) in [4.78, 5) is 44.7. The van der Waals surface area contributed by atoms with Crippen LogP contribution in [0.1, 0.15) is 67.9 Å². The Kier molecular flexibility index (Phi) is 9.02. The molecule has 0 aliphatic heterocycles. The molecule has 0 heterocycles. The minimum atomic E-state index is -1.78. The highest BCUT2D eigenvalue weighted by atomic mass is 32.2. The van der Waals surface area contributed by atoms with E-state index in [9.17, 15) is 24.3 Å². The normalized spacial score (nSPS) is 27.2. The molecule has 0 aromatic heterocycles. The summed E-state index contributed by atoms with van der Waals surface area (Å²) in [6.45, 7) is 17.0. The highest BCUT2D eigenvalue weighted by Gasteiger charge is 2.80. The van der Waals surface area contributed by atoms with Crippen molar-refractivity contribution in [3.63, 3.8) is 0 Å². The van der Waals surface area contributed by atoms with Gasteiger partial charge >= 0.3 is 18.0 Å². The smallest absolute Gasteiger partial charge is 0.408 e. The summed E-state index contributed by atoms with van der Waals surface area (Å²) in [5.41, 5.74) is 5.59. The third kappa shape index (κ3) is 7.46. The second-order valence-corrected chi connectivity index (χ2v) is 14.8. The van der Waals surface area contributed by atoms with E-state index in [1.165, 1.54) is 17.8 Å². The van der Waals surface area contributed by atoms with E-state index in [2.05, 4.69) is 15.3 Å². The van der Waals surface area contributed by atoms with Gasteiger partial charge in [0, 0.05) is 33.4 Å². The van der Waals surface area contributed by atoms with Crippen molar-refractivity contribution in [3.05, 3.63) is 40.0 Å². The van der Waals surface area contributed by atoms with Crippen LogP contribution in [0.25, 0.3) is 10.4 Å². The minimum Gasteiger partial charge on any atom is -0.460 e. The Balaban J connectivity index is 2.14. The Labute approximate surface area is 245 Å². The standard InChI is InChI=1S/C29H41FN4O6S/c1-15-13-16(11-12-18(15)30)41-14-17-22(33-34-31)19-20(23(35)38-26(2,3)4)21(19)29(17,24(36)39-27(5,6)7)32-25(37)40-28(8,9)10/h11-13,17,19-22H,14H2,1-10H3,(H,32,37)/t17-,19+,20+,21+,22-,29+/m1/s1. The van der Waals surface area contributed by atoms with Crippen molar-refractivity contribution in [3.8, 4) is 0 Å². The summed E-state index contributed by atoms with van der Waals surface area (Å²) in [5.74, 6) is -4.42. The number of esters is 2. The molecule has 0 saturated heterocycles. The number of halogens is 1. The second-order valence-electron chi connectivity index (χ2n) is 13.7. The molecule has 2 fully saturated rings. The number of thioether (sulfide) groups is 1. The molecule has 41 heavy (non-hydrogen) atoms. The number of nitrogens with zero attached hydrogens (tertiary/aromatic N) is 3. The first-order valence-corrected chi connectivity index (χ1v) is 14.6. The van der Waals surface area contributed by atoms with Gasteiger partial charge in [-0.15, -0.1) is 11.8 Å². The van der Waals surface area contributed by atoms with Crippen LogP contribution < -0.4 is 5.32 Å². The fourth-order valence-corrected chi connectivity index (χ4v) is 6.75. The van der Waals surface area contributed by atoms with Crippen LogP contribution in [-0.2, 0) is 23.8 Å². The molecule has 1 N–H and O–H groups in total. The lowest BCUT2D eigenvalue weighted by atomic mass is 9.79. The monoisotopic (exact) mass is 592 g/mol. The van der Waals surface area contributed by atoms with E-state index >= 15 is 0 Å². The number of fused-ring (bicyclic) bond motifs is 1. The Bertz CT molecular complexity index is 1250. The predicted molar refractivity (Wildman–Crippen MR) is 153 cm³/mol. The number of carbonyl (C=O) groups excluding carboxylic acids is 3. The summed E-state index contributed by atoms with van der Waals surface area (Å²) in [5, 5.41) is 6.86. The van der Waals surface area contributed by atoms with Gasteiger partial charge in [0.1, 0.15) is 28.2 Å². The number of amides is 1. The van der Waals surface area contributed by atoms with Gasteiger partial charge in [-0.25, -0.2) is 14.0 Å². The number of carbonyl (C=O) groups is 3. The van der Waals surface area contributed by atoms with Crippen LogP contribution in [0.15, 0.2) is 28.2 Å². The van der Waals surface area contributed by atoms with Crippen molar-refractivity contribution >= 4 is 29.8 Å². The van der Waals surface area contributed by atoms with Crippen LogP contribution in [0.3, 0.4) is 0 Å². The molecule has 2 saturated carbocycles. The zero-order chi connectivity index (χ0) is 31.1. The number of aryl methyl sites for hydroxylation is 1. The summed E-state index contributed by atoms with van der Waals surface area (Å²) < 4.78 is 31.0. The summed E-state index contributed by atoms with van der Waals surface area (Å²) in [6.07, 6.45) is -0.869. The van der Waals surface area contributed by atoms with Gasteiger partial charge in [0.15, 0.2) is 0 Å². The van der Waals surface area contributed by atoms with Gasteiger partial charge in [-0.1, -0.05) is 5.11 Å². The molecule has 226 valence electrons. The number of hydrogen-bond donors (Lipinski definition) is 1. The highest BCUT2D eigenvalue weighted by molar-refractivity contribution is 7.99. The maximum atomic E-state index is 14.2. The number of nitrogens with one attached hydrogen (secondary N) is 1. The molecule has 1 aromatic carbocycles. The van der Waals surface area contributed by atoms with Crippen LogP contribution >= 0.6 is 11.8 Å².